The second-order valence-electron chi connectivity index (χ2n) is 8.23. The van der Waals surface area contributed by atoms with Gasteiger partial charge < -0.3 is 21.7 Å². The molecule has 4 rings (SSSR count). The number of carbonyl (C=O) groups excluding carboxylic acids is 2. The third-order valence-electron chi connectivity index (χ3n) is 5.95. The van der Waals surface area contributed by atoms with Gasteiger partial charge >= 0.3 is 0 Å². The number of carbonyl (C=O) groups is 2. The molecule has 28 heavy (non-hydrogen) atoms. The highest BCUT2D eigenvalue weighted by molar-refractivity contribution is 6.03. The molecule has 1 aliphatic heterocycles. The number of rotatable bonds is 4. The number of hydrogen-bond donors (Lipinski definition) is 4. The number of fused-ring (bicyclic) bond motifs is 1. The molecule has 6 nitrogen and oxygen atoms in total. The van der Waals surface area contributed by atoms with Gasteiger partial charge in [0, 0.05) is 12.3 Å². The van der Waals surface area contributed by atoms with Gasteiger partial charge in [-0.1, -0.05) is 56.3 Å². The molecule has 0 saturated heterocycles. The van der Waals surface area contributed by atoms with Crippen molar-refractivity contribution in [3.8, 4) is 0 Å². The van der Waals surface area contributed by atoms with Gasteiger partial charge in [-0.25, -0.2) is 0 Å². The number of amides is 2. The van der Waals surface area contributed by atoms with Crippen molar-refractivity contribution in [2.75, 3.05) is 10.6 Å². The van der Waals surface area contributed by atoms with Crippen LogP contribution >= 0.6 is 0 Å². The second-order valence-corrected chi connectivity index (χ2v) is 8.23. The summed E-state index contributed by atoms with van der Waals surface area (Å²) in [4.78, 5) is 26.1. The van der Waals surface area contributed by atoms with Crippen LogP contribution < -0.4 is 21.7 Å². The van der Waals surface area contributed by atoms with E-state index in [1.807, 2.05) is 54.6 Å². The molecule has 1 heterocycles. The maximum absolute atomic E-state index is 13.1. The Morgan fingerprint density at radius 3 is 2.39 bits per heavy atom. The van der Waals surface area contributed by atoms with Crippen LogP contribution in [0.3, 0.4) is 0 Å². The van der Waals surface area contributed by atoms with Gasteiger partial charge in [0.25, 0.3) is 5.91 Å². The van der Waals surface area contributed by atoms with Crippen LogP contribution in [-0.4, -0.2) is 23.4 Å². The van der Waals surface area contributed by atoms with Crippen LogP contribution in [0.1, 0.15) is 31.9 Å². The topological polar surface area (TPSA) is 97.9 Å². The number of anilines is 2. The van der Waals surface area contributed by atoms with Gasteiger partial charge in [-0.05, 0) is 23.6 Å². The Morgan fingerprint density at radius 2 is 1.75 bits per heavy atom. The fraction of sp³-hybridized carbons (Fsp3) is 0.364. The first kappa shape index (κ1) is 18.5. The van der Waals surface area contributed by atoms with E-state index < -0.39 is 11.6 Å². The van der Waals surface area contributed by atoms with Crippen molar-refractivity contribution in [3.05, 3.63) is 60.2 Å². The van der Waals surface area contributed by atoms with E-state index >= 15 is 0 Å². The Morgan fingerprint density at radius 1 is 1.11 bits per heavy atom. The van der Waals surface area contributed by atoms with Gasteiger partial charge in [0.2, 0.25) is 5.91 Å². The highest BCUT2D eigenvalue weighted by Gasteiger charge is 2.63. The van der Waals surface area contributed by atoms with E-state index in [4.69, 9.17) is 0 Å². The molecule has 4 atom stereocenters. The third-order valence-corrected chi connectivity index (χ3v) is 5.95. The molecule has 2 aromatic rings. The van der Waals surface area contributed by atoms with Gasteiger partial charge in [-0.2, -0.15) is 0 Å². The Kier molecular flexibility index (Phi) is 4.59. The van der Waals surface area contributed by atoms with Crippen molar-refractivity contribution in [2.45, 2.75) is 37.9 Å². The van der Waals surface area contributed by atoms with Gasteiger partial charge in [-0.3, -0.25) is 9.59 Å². The average Bonchev–Trinajstić information content (AvgIpc) is 3.41. The third kappa shape index (κ3) is 3.24. The number of quaternary nitrogens is 1. The molecule has 1 saturated carbocycles. The maximum Gasteiger partial charge on any atom is 0.282 e. The van der Waals surface area contributed by atoms with Crippen molar-refractivity contribution in [3.63, 3.8) is 0 Å². The lowest BCUT2D eigenvalue weighted by Gasteiger charge is -2.27. The lowest BCUT2D eigenvalue weighted by Crippen LogP contribution is -2.73. The molecule has 2 aromatic carbocycles. The van der Waals surface area contributed by atoms with Crippen LogP contribution in [0.15, 0.2) is 54.6 Å². The van der Waals surface area contributed by atoms with Crippen molar-refractivity contribution in [1.82, 2.24) is 5.32 Å². The zero-order valence-electron chi connectivity index (χ0n) is 16.2. The SMILES string of the molecule is CC(C)C1CC1([NH3+])C(=O)NC1C(=O)Nc2ccccc2NC1c1ccccc1. The first-order valence-corrected chi connectivity index (χ1v) is 9.78. The molecular formula is C22H27N4O2+. The first-order valence-electron chi connectivity index (χ1n) is 9.78. The molecular weight excluding hydrogens is 352 g/mol. The maximum atomic E-state index is 13.1. The smallest absolute Gasteiger partial charge is 0.282 e. The average molecular weight is 379 g/mol. The summed E-state index contributed by atoms with van der Waals surface area (Å²) in [7, 11) is 0. The van der Waals surface area contributed by atoms with E-state index in [0.29, 0.717) is 11.6 Å². The van der Waals surface area contributed by atoms with E-state index in [-0.39, 0.29) is 23.8 Å². The molecule has 2 aliphatic rings. The fourth-order valence-corrected chi connectivity index (χ4v) is 4.17. The summed E-state index contributed by atoms with van der Waals surface area (Å²) in [6, 6.07) is 16.2. The summed E-state index contributed by atoms with van der Waals surface area (Å²) >= 11 is 0. The largest absolute Gasteiger partial charge is 0.374 e. The van der Waals surface area contributed by atoms with Crippen LogP contribution in [-0.2, 0) is 9.59 Å². The Hall–Kier alpha value is -2.86. The summed E-state index contributed by atoms with van der Waals surface area (Å²) in [6.45, 7) is 4.21. The molecule has 6 N–H and O–H groups in total. The highest BCUT2D eigenvalue weighted by atomic mass is 16.2. The predicted octanol–water partition coefficient (Wildman–Crippen LogP) is 1.93. The molecule has 1 fully saturated rings. The Bertz CT molecular complexity index is 898. The van der Waals surface area contributed by atoms with Crippen LogP contribution in [0.2, 0.25) is 0 Å². The highest BCUT2D eigenvalue weighted by Crippen LogP contribution is 2.45. The summed E-state index contributed by atoms with van der Waals surface area (Å²) in [6.07, 6.45) is 0.758. The second kappa shape index (κ2) is 6.95. The molecule has 1 aliphatic carbocycles. The fourth-order valence-electron chi connectivity index (χ4n) is 4.17. The number of para-hydroxylation sites is 2. The van der Waals surface area contributed by atoms with E-state index in [1.165, 1.54) is 0 Å². The van der Waals surface area contributed by atoms with Crippen molar-refractivity contribution in [2.24, 2.45) is 11.8 Å². The number of benzene rings is 2. The summed E-state index contributed by atoms with van der Waals surface area (Å²) in [5.41, 5.74) is 6.01. The lowest BCUT2D eigenvalue weighted by molar-refractivity contribution is -0.426. The molecule has 0 radical (unpaired) electrons. The minimum atomic E-state index is -0.741. The first-order chi connectivity index (χ1) is 13.4. The van der Waals surface area contributed by atoms with Crippen LogP contribution in [0.25, 0.3) is 0 Å². The molecule has 146 valence electrons. The zero-order valence-corrected chi connectivity index (χ0v) is 16.2. The quantitative estimate of drug-likeness (QED) is 0.653. The molecule has 0 spiro atoms. The van der Waals surface area contributed by atoms with E-state index in [2.05, 4.69) is 35.5 Å². The molecule has 0 bridgehead atoms. The molecule has 2 amide bonds. The zero-order chi connectivity index (χ0) is 19.9. The summed E-state index contributed by atoms with van der Waals surface area (Å²) in [5, 5.41) is 9.40. The molecule has 0 aromatic heterocycles. The van der Waals surface area contributed by atoms with Crippen LogP contribution in [0.5, 0.6) is 0 Å². The summed E-state index contributed by atoms with van der Waals surface area (Å²) in [5.74, 6) is 0.255. The van der Waals surface area contributed by atoms with Crippen LogP contribution in [0.4, 0.5) is 11.4 Å². The molecule has 6 heteroatoms. The molecule has 4 unspecified atom stereocenters. The van der Waals surface area contributed by atoms with Gasteiger partial charge in [0.05, 0.1) is 17.4 Å². The Balaban J connectivity index is 1.65. The van der Waals surface area contributed by atoms with Gasteiger partial charge in [0.1, 0.15) is 6.04 Å². The van der Waals surface area contributed by atoms with Crippen molar-refractivity contribution < 1.29 is 15.3 Å². The van der Waals surface area contributed by atoms with E-state index in [1.54, 1.807) is 0 Å². The number of hydrogen-bond acceptors (Lipinski definition) is 3. The van der Waals surface area contributed by atoms with Crippen molar-refractivity contribution >= 4 is 23.2 Å². The Labute approximate surface area is 164 Å². The minimum absolute atomic E-state index is 0.153. The van der Waals surface area contributed by atoms with Gasteiger partial charge in [-0.15, -0.1) is 0 Å². The lowest BCUT2D eigenvalue weighted by atomic mass is 9.97. The predicted molar refractivity (Wildman–Crippen MR) is 108 cm³/mol. The summed E-state index contributed by atoms with van der Waals surface area (Å²) < 4.78 is 0. The van der Waals surface area contributed by atoms with E-state index in [0.717, 1.165) is 17.7 Å². The number of nitrogens with one attached hydrogen (secondary N) is 3. The van der Waals surface area contributed by atoms with Crippen LogP contribution in [0, 0.1) is 11.8 Å². The van der Waals surface area contributed by atoms with Gasteiger partial charge in [0.15, 0.2) is 5.54 Å². The normalized spacial score (nSPS) is 28.6. The standard InChI is InChI=1S/C22H26N4O2/c1-13(2)15-12-22(15,23)21(28)26-19-18(14-8-4-3-5-9-14)24-16-10-6-7-11-17(16)25-20(19)27/h3-11,13,15,18-19,24H,12,23H2,1-2H3,(H,25,27)(H,26,28)/p+1. The monoisotopic (exact) mass is 379 g/mol. The van der Waals surface area contributed by atoms with Crippen molar-refractivity contribution in [1.29, 1.82) is 0 Å². The van der Waals surface area contributed by atoms with E-state index in [9.17, 15) is 9.59 Å². The minimum Gasteiger partial charge on any atom is -0.374 e.